The Labute approximate surface area is 118 Å². The van der Waals surface area contributed by atoms with E-state index in [1.165, 1.54) is 23.5 Å². The predicted molar refractivity (Wildman–Crippen MR) is 71.2 cm³/mol. The normalized spacial score (nSPS) is 11.9. The minimum absolute atomic E-state index is 0.0211. The lowest BCUT2D eigenvalue weighted by atomic mass is 10.4. The van der Waals surface area contributed by atoms with Crippen molar-refractivity contribution in [2.24, 2.45) is 0 Å². The highest BCUT2D eigenvalue weighted by atomic mass is 32.2. The van der Waals surface area contributed by atoms with E-state index in [1.54, 1.807) is 7.11 Å². The molecule has 0 atom stereocenters. The molecule has 0 bridgehead atoms. The largest absolute Gasteiger partial charge is 0.440 e. The van der Waals surface area contributed by atoms with Crippen LogP contribution in [0.2, 0.25) is 0 Å². The first-order valence-electron chi connectivity index (χ1n) is 6.09. The summed E-state index contributed by atoms with van der Waals surface area (Å²) in [7, 11) is -0.721. The molecule has 20 heavy (non-hydrogen) atoms. The van der Waals surface area contributed by atoms with E-state index in [4.69, 9.17) is 13.9 Å². The lowest BCUT2D eigenvalue weighted by Gasteiger charge is -2.20. The monoisotopic (exact) mass is 305 g/mol. The molecule has 0 N–H and O–H groups in total. The standard InChI is InChI=1S/C12H19NO6S/c1-17-8-3-6-13(7-9-18-2)20(15,16)12-5-4-11(10-14)19-12/h4-5,10H,3,6-9H2,1-2H3. The third-order valence-electron chi connectivity index (χ3n) is 2.61. The second kappa shape index (κ2) is 8.15. The Bertz CT molecular complexity index is 510. The fourth-order valence-corrected chi connectivity index (χ4v) is 2.97. The van der Waals surface area contributed by atoms with Gasteiger partial charge in [0.05, 0.1) is 6.61 Å². The summed E-state index contributed by atoms with van der Waals surface area (Å²) in [6.07, 6.45) is 1.02. The second-order valence-electron chi connectivity index (χ2n) is 4.02. The topological polar surface area (TPSA) is 86.0 Å². The Kier molecular flexibility index (Phi) is 6.86. The van der Waals surface area contributed by atoms with Crippen LogP contribution < -0.4 is 0 Å². The van der Waals surface area contributed by atoms with Gasteiger partial charge in [-0.3, -0.25) is 4.79 Å². The van der Waals surface area contributed by atoms with Gasteiger partial charge in [0.2, 0.25) is 5.09 Å². The summed E-state index contributed by atoms with van der Waals surface area (Å²) in [6.45, 7) is 1.22. The van der Waals surface area contributed by atoms with Gasteiger partial charge in [-0.1, -0.05) is 0 Å². The lowest BCUT2D eigenvalue weighted by molar-refractivity contribution is 0.109. The summed E-state index contributed by atoms with van der Waals surface area (Å²) in [5.74, 6) is -0.0211. The molecule has 0 saturated carbocycles. The molecule has 0 fully saturated rings. The van der Waals surface area contributed by atoms with Crippen molar-refractivity contribution < 1.29 is 27.1 Å². The van der Waals surface area contributed by atoms with Gasteiger partial charge in [-0.25, -0.2) is 8.42 Å². The minimum Gasteiger partial charge on any atom is -0.440 e. The van der Waals surface area contributed by atoms with E-state index >= 15 is 0 Å². The van der Waals surface area contributed by atoms with Crippen molar-refractivity contribution in [3.63, 3.8) is 0 Å². The quantitative estimate of drug-likeness (QED) is 0.469. The molecule has 7 nitrogen and oxygen atoms in total. The molecule has 114 valence electrons. The van der Waals surface area contributed by atoms with Crippen molar-refractivity contribution in [1.29, 1.82) is 0 Å². The Balaban J connectivity index is 2.87. The van der Waals surface area contributed by atoms with E-state index in [0.29, 0.717) is 19.3 Å². The molecule has 0 unspecified atom stereocenters. The van der Waals surface area contributed by atoms with Gasteiger partial charge in [0.25, 0.3) is 10.0 Å². The number of rotatable bonds is 10. The number of carbonyl (C=O) groups excluding carboxylic acids is 1. The molecule has 8 heteroatoms. The molecule has 0 aliphatic heterocycles. The van der Waals surface area contributed by atoms with E-state index < -0.39 is 10.0 Å². The number of ether oxygens (including phenoxy) is 2. The fourth-order valence-electron chi connectivity index (χ4n) is 1.59. The van der Waals surface area contributed by atoms with Crippen LogP contribution in [0.1, 0.15) is 17.0 Å². The first kappa shape index (κ1) is 16.8. The third-order valence-corrected chi connectivity index (χ3v) is 4.39. The number of methoxy groups -OCH3 is 2. The number of sulfonamides is 1. The van der Waals surface area contributed by atoms with Crippen LogP contribution in [-0.2, 0) is 19.5 Å². The van der Waals surface area contributed by atoms with Gasteiger partial charge in [0.1, 0.15) is 0 Å². The summed E-state index contributed by atoms with van der Waals surface area (Å²) in [5.41, 5.74) is 0. The van der Waals surface area contributed by atoms with E-state index in [-0.39, 0.29) is 30.5 Å². The van der Waals surface area contributed by atoms with Crippen molar-refractivity contribution in [3.8, 4) is 0 Å². The van der Waals surface area contributed by atoms with Crippen molar-refractivity contribution in [2.45, 2.75) is 11.5 Å². The Hall–Kier alpha value is -1.22. The van der Waals surface area contributed by atoms with Gasteiger partial charge in [0, 0.05) is 33.9 Å². The molecule has 1 heterocycles. The number of hydrogen-bond acceptors (Lipinski definition) is 6. The zero-order valence-electron chi connectivity index (χ0n) is 11.6. The first-order valence-corrected chi connectivity index (χ1v) is 7.53. The van der Waals surface area contributed by atoms with E-state index in [9.17, 15) is 13.2 Å². The van der Waals surface area contributed by atoms with Gasteiger partial charge in [0.15, 0.2) is 12.0 Å². The van der Waals surface area contributed by atoms with Gasteiger partial charge in [-0.2, -0.15) is 4.31 Å². The molecule has 0 aliphatic rings. The smallest absolute Gasteiger partial charge is 0.276 e. The molecular weight excluding hydrogens is 286 g/mol. The van der Waals surface area contributed by atoms with Crippen molar-refractivity contribution in [1.82, 2.24) is 4.31 Å². The Morgan fingerprint density at radius 2 is 1.90 bits per heavy atom. The van der Waals surface area contributed by atoms with Gasteiger partial charge in [-0.15, -0.1) is 0 Å². The SMILES string of the molecule is COCCCN(CCOC)S(=O)(=O)c1ccc(C=O)o1. The lowest BCUT2D eigenvalue weighted by Crippen LogP contribution is -2.35. The number of nitrogens with zero attached hydrogens (tertiary/aromatic N) is 1. The van der Waals surface area contributed by atoms with Gasteiger partial charge >= 0.3 is 0 Å². The highest BCUT2D eigenvalue weighted by molar-refractivity contribution is 7.89. The number of furan rings is 1. The first-order chi connectivity index (χ1) is 9.56. The fraction of sp³-hybridized carbons (Fsp3) is 0.583. The summed E-state index contributed by atoms with van der Waals surface area (Å²) in [4.78, 5) is 10.6. The minimum atomic E-state index is -3.77. The zero-order valence-corrected chi connectivity index (χ0v) is 12.4. The summed E-state index contributed by atoms with van der Waals surface area (Å²) in [6, 6.07) is 2.60. The second-order valence-corrected chi connectivity index (χ2v) is 5.89. The molecule has 1 aromatic heterocycles. The molecule has 0 radical (unpaired) electrons. The predicted octanol–water partition coefficient (Wildman–Crippen LogP) is 0.766. The summed E-state index contributed by atoms with van der Waals surface area (Å²) in [5, 5.41) is -0.242. The van der Waals surface area contributed by atoms with Crippen molar-refractivity contribution in [3.05, 3.63) is 17.9 Å². The highest BCUT2D eigenvalue weighted by Gasteiger charge is 2.27. The van der Waals surface area contributed by atoms with Crippen LogP contribution in [0.15, 0.2) is 21.6 Å². The van der Waals surface area contributed by atoms with Crippen LogP contribution in [0, 0.1) is 0 Å². The van der Waals surface area contributed by atoms with Crippen LogP contribution in [0.5, 0.6) is 0 Å². The summed E-state index contributed by atoms with van der Waals surface area (Å²) < 4.78 is 40.8. The molecule has 1 rings (SSSR count). The van der Waals surface area contributed by atoms with Crippen molar-refractivity contribution >= 4 is 16.3 Å². The number of aldehydes is 1. The van der Waals surface area contributed by atoms with Crippen LogP contribution in [-0.4, -0.2) is 59.5 Å². The van der Waals surface area contributed by atoms with E-state index in [0.717, 1.165) is 0 Å². The van der Waals surface area contributed by atoms with E-state index in [2.05, 4.69) is 0 Å². The van der Waals surface area contributed by atoms with Crippen molar-refractivity contribution in [2.75, 3.05) is 40.5 Å². The Morgan fingerprint density at radius 3 is 2.45 bits per heavy atom. The maximum atomic E-state index is 12.4. The van der Waals surface area contributed by atoms with Crippen LogP contribution in [0.4, 0.5) is 0 Å². The molecule has 0 saturated heterocycles. The van der Waals surface area contributed by atoms with Gasteiger partial charge in [-0.05, 0) is 18.6 Å². The molecule has 0 amide bonds. The summed E-state index contributed by atoms with van der Waals surface area (Å²) >= 11 is 0. The maximum Gasteiger partial charge on any atom is 0.276 e. The molecule has 0 aliphatic carbocycles. The molecule has 0 aromatic carbocycles. The van der Waals surface area contributed by atoms with Gasteiger partial charge < -0.3 is 13.9 Å². The van der Waals surface area contributed by atoms with Crippen LogP contribution in [0.3, 0.4) is 0 Å². The Morgan fingerprint density at radius 1 is 1.20 bits per heavy atom. The van der Waals surface area contributed by atoms with Crippen LogP contribution >= 0.6 is 0 Å². The maximum absolute atomic E-state index is 12.4. The van der Waals surface area contributed by atoms with E-state index in [1.807, 2.05) is 0 Å². The molecule has 0 spiro atoms. The third kappa shape index (κ3) is 4.41. The molecule has 1 aromatic rings. The number of carbonyl (C=O) groups is 1. The average Bonchev–Trinajstić information content (AvgIpc) is 2.92. The highest BCUT2D eigenvalue weighted by Crippen LogP contribution is 2.18. The van der Waals surface area contributed by atoms with Crippen LogP contribution in [0.25, 0.3) is 0 Å². The average molecular weight is 305 g/mol. The number of hydrogen-bond donors (Lipinski definition) is 0. The molecular formula is C12H19NO6S. The zero-order chi connectivity index (χ0) is 15.0.